The summed E-state index contributed by atoms with van der Waals surface area (Å²) in [7, 11) is 0. The highest BCUT2D eigenvalue weighted by atomic mass is 16.2. The van der Waals surface area contributed by atoms with Crippen LogP contribution in [0.1, 0.15) is 73.6 Å². The van der Waals surface area contributed by atoms with E-state index in [1.54, 1.807) is 0 Å². The molecule has 2 fully saturated rings. The summed E-state index contributed by atoms with van der Waals surface area (Å²) < 4.78 is 0. The number of hydrogen-bond donors (Lipinski definition) is 0. The predicted molar refractivity (Wildman–Crippen MR) is 102 cm³/mol. The number of piperidine rings is 2. The Hall–Kier alpha value is -1.42. The fourth-order valence-corrected chi connectivity index (χ4v) is 4.24. The molecule has 25 heavy (non-hydrogen) atoms. The molecule has 1 aromatic rings. The number of carbonyl (C=O) groups is 1. The number of hydrogen-bond acceptors (Lipinski definition) is 3. The molecule has 1 amide bonds. The van der Waals surface area contributed by atoms with Crippen molar-refractivity contribution in [2.45, 2.75) is 58.8 Å². The van der Waals surface area contributed by atoms with Gasteiger partial charge in [-0.15, -0.1) is 0 Å². The second kappa shape index (κ2) is 8.31. The number of nitrogens with zero attached hydrogens (tertiary/aromatic N) is 3. The van der Waals surface area contributed by atoms with Gasteiger partial charge in [0.2, 0.25) is 0 Å². The molecule has 0 unspecified atom stereocenters. The summed E-state index contributed by atoms with van der Waals surface area (Å²) >= 11 is 0. The summed E-state index contributed by atoms with van der Waals surface area (Å²) in [6.45, 7) is 11.8. The highest BCUT2D eigenvalue weighted by Gasteiger charge is 2.28. The van der Waals surface area contributed by atoms with E-state index >= 15 is 0 Å². The van der Waals surface area contributed by atoms with Crippen LogP contribution >= 0.6 is 0 Å². The molecular formula is C21H33N3O. The lowest BCUT2D eigenvalue weighted by molar-refractivity contribution is 0.0721. The quantitative estimate of drug-likeness (QED) is 0.833. The average molecular weight is 344 g/mol. The Morgan fingerprint density at radius 2 is 1.80 bits per heavy atom. The third-order valence-electron chi connectivity index (χ3n) is 5.54. The Morgan fingerprint density at radius 1 is 1.12 bits per heavy atom. The molecule has 2 aliphatic rings. The Balaban J connectivity index is 1.74. The largest absolute Gasteiger partial charge is 0.339 e. The second-order valence-corrected chi connectivity index (χ2v) is 8.21. The van der Waals surface area contributed by atoms with Gasteiger partial charge in [-0.05, 0) is 70.2 Å². The monoisotopic (exact) mass is 343 g/mol. The smallest absolute Gasteiger partial charge is 0.255 e. The van der Waals surface area contributed by atoms with Crippen molar-refractivity contribution in [3.8, 4) is 0 Å². The molecule has 4 nitrogen and oxygen atoms in total. The van der Waals surface area contributed by atoms with Crippen molar-refractivity contribution >= 4 is 5.91 Å². The van der Waals surface area contributed by atoms with Gasteiger partial charge in [0, 0.05) is 31.2 Å². The van der Waals surface area contributed by atoms with E-state index in [0.717, 1.165) is 68.8 Å². The number of aromatic nitrogens is 1. The van der Waals surface area contributed by atoms with Gasteiger partial charge in [0.1, 0.15) is 0 Å². The molecule has 4 heteroatoms. The topological polar surface area (TPSA) is 36.4 Å². The van der Waals surface area contributed by atoms with Gasteiger partial charge in [0.15, 0.2) is 0 Å². The van der Waals surface area contributed by atoms with E-state index in [4.69, 9.17) is 4.98 Å². The fraction of sp³-hybridized carbons (Fsp3) is 0.714. The van der Waals surface area contributed by atoms with Crippen LogP contribution in [0.4, 0.5) is 0 Å². The molecule has 3 rings (SSSR count). The zero-order valence-electron chi connectivity index (χ0n) is 16.1. The van der Waals surface area contributed by atoms with Crippen LogP contribution < -0.4 is 0 Å². The summed E-state index contributed by atoms with van der Waals surface area (Å²) in [6.07, 6.45) is 5.74. The second-order valence-electron chi connectivity index (χ2n) is 8.21. The normalized spacial score (nSPS) is 20.2. The third kappa shape index (κ3) is 4.60. The van der Waals surface area contributed by atoms with Gasteiger partial charge in [-0.25, -0.2) is 0 Å². The molecule has 3 heterocycles. The van der Waals surface area contributed by atoms with Crippen molar-refractivity contribution in [2.75, 3.05) is 32.7 Å². The van der Waals surface area contributed by atoms with Crippen LogP contribution in [0.25, 0.3) is 0 Å². The van der Waals surface area contributed by atoms with Crippen LogP contribution in [0, 0.1) is 12.8 Å². The first-order valence-electron chi connectivity index (χ1n) is 10.0. The van der Waals surface area contributed by atoms with Crippen LogP contribution in [0.2, 0.25) is 0 Å². The molecule has 0 aromatic carbocycles. The molecule has 0 bridgehead atoms. The molecule has 0 saturated carbocycles. The maximum atomic E-state index is 13.1. The van der Waals surface area contributed by atoms with Gasteiger partial charge in [-0.1, -0.05) is 13.8 Å². The van der Waals surface area contributed by atoms with Crippen molar-refractivity contribution in [1.29, 1.82) is 0 Å². The van der Waals surface area contributed by atoms with E-state index in [1.165, 1.54) is 13.0 Å². The summed E-state index contributed by atoms with van der Waals surface area (Å²) in [5.74, 6) is 1.34. The van der Waals surface area contributed by atoms with Crippen LogP contribution in [-0.4, -0.2) is 53.4 Å². The average Bonchev–Trinajstić information content (AvgIpc) is 2.62. The zero-order valence-corrected chi connectivity index (χ0v) is 16.1. The molecule has 2 saturated heterocycles. The molecule has 0 radical (unpaired) electrons. The first-order valence-corrected chi connectivity index (χ1v) is 10.0. The first kappa shape index (κ1) is 18.4. The van der Waals surface area contributed by atoms with E-state index in [1.807, 2.05) is 24.0 Å². The van der Waals surface area contributed by atoms with Crippen LogP contribution in [0.5, 0.6) is 0 Å². The minimum Gasteiger partial charge on any atom is -0.339 e. The summed E-state index contributed by atoms with van der Waals surface area (Å²) in [5, 5.41) is 0. The van der Waals surface area contributed by atoms with Crippen molar-refractivity contribution in [3.63, 3.8) is 0 Å². The zero-order chi connectivity index (χ0) is 17.8. The molecule has 0 spiro atoms. The number of likely N-dealkylation sites (tertiary alicyclic amines) is 2. The van der Waals surface area contributed by atoms with E-state index in [2.05, 4.69) is 18.7 Å². The maximum Gasteiger partial charge on any atom is 0.255 e. The lowest BCUT2D eigenvalue weighted by Crippen LogP contribution is -2.38. The molecule has 0 aliphatic carbocycles. The Morgan fingerprint density at radius 3 is 2.44 bits per heavy atom. The lowest BCUT2D eigenvalue weighted by Gasteiger charge is -2.34. The molecule has 0 N–H and O–H groups in total. The van der Waals surface area contributed by atoms with Gasteiger partial charge in [0.05, 0.1) is 11.3 Å². The van der Waals surface area contributed by atoms with Gasteiger partial charge >= 0.3 is 0 Å². The van der Waals surface area contributed by atoms with E-state index in [9.17, 15) is 4.79 Å². The Kier molecular flexibility index (Phi) is 6.10. The van der Waals surface area contributed by atoms with E-state index in [0.29, 0.717) is 11.8 Å². The minimum absolute atomic E-state index is 0.201. The molecule has 2 aliphatic heterocycles. The predicted octanol–water partition coefficient (Wildman–Crippen LogP) is 3.85. The number of amides is 1. The Labute approximate surface area is 152 Å². The minimum atomic E-state index is 0.201. The molecule has 1 aromatic heterocycles. The number of rotatable bonds is 4. The number of aryl methyl sites for hydroxylation is 1. The van der Waals surface area contributed by atoms with Crippen molar-refractivity contribution in [3.05, 3.63) is 29.1 Å². The van der Waals surface area contributed by atoms with Crippen LogP contribution in [0.15, 0.2) is 12.1 Å². The van der Waals surface area contributed by atoms with Gasteiger partial charge < -0.3 is 9.80 Å². The standard InChI is InChI=1S/C21H33N3O/c1-16(2)15-23-13-9-18(10-14-23)20-19(8-7-17(3)22-20)21(25)24-11-5-4-6-12-24/h7-8,16,18H,4-6,9-15H2,1-3H3. The summed E-state index contributed by atoms with van der Waals surface area (Å²) in [4.78, 5) is 22.5. The SMILES string of the molecule is Cc1ccc(C(=O)N2CCCCC2)c(C2CCN(CC(C)C)CC2)n1. The van der Waals surface area contributed by atoms with Crippen LogP contribution in [0.3, 0.4) is 0 Å². The van der Waals surface area contributed by atoms with Crippen molar-refractivity contribution in [1.82, 2.24) is 14.8 Å². The highest BCUT2D eigenvalue weighted by Crippen LogP contribution is 2.30. The van der Waals surface area contributed by atoms with Crippen molar-refractivity contribution in [2.24, 2.45) is 5.92 Å². The Bertz CT molecular complexity index is 585. The number of carbonyl (C=O) groups excluding carboxylic acids is 1. The molecule has 0 atom stereocenters. The van der Waals surface area contributed by atoms with Gasteiger partial charge in [-0.3, -0.25) is 9.78 Å². The summed E-state index contributed by atoms with van der Waals surface area (Å²) in [6, 6.07) is 4.02. The molecular weight excluding hydrogens is 310 g/mol. The van der Waals surface area contributed by atoms with Crippen molar-refractivity contribution < 1.29 is 4.79 Å². The van der Waals surface area contributed by atoms with Gasteiger partial charge in [-0.2, -0.15) is 0 Å². The van der Waals surface area contributed by atoms with E-state index < -0.39 is 0 Å². The van der Waals surface area contributed by atoms with E-state index in [-0.39, 0.29) is 5.91 Å². The summed E-state index contributed by atoms with van der Waals surface area (Å²) in [5.41, 5.74) is 2.93. The lowest BCUT2D eigenvalue weighted by atomic mass is 9.89. The van der Waals surface area contributed by atoms with Crippen LogP contribution in [-0.2, 0) is 0 Å². The number of pyridine rings is 1. The molecule has 138 valence electrons. The fourth-order valence-electron chi connectivity index (χ4n) is 4.24. The van der Waals surface area contributed by atoms with Gasteiger partial charge in [0.25, 0.3) is 5.91 Å². The maximum absolute atomic E-state index is 13.1. The highest BCUT2D eigenvalue weighted by molar-refractivity contribution is 5.95. The third-order valence-corrected chi connectivity index (χ3v) is 5.54. The first-order chi connectivity index (χ1) is 12.0.